The van der Waals surface area contributed by atoms with Crippen LogP contribution in [0.15, 0.2) is 66.9 Å². The van der Waals surface area contributed by atoms with Gasteiger partial charge in [-0.3, -0.25) is 9.59 Å². The minimum Gasteiger partial charge on any atom is -0.445 e. The minimum absolute atomic E-state index is 0.285. The number of anilines is 1. The van der Waals surface area contributed by atoms with Crippen molar-refractivity contribution >= 4 is 34.3 Å². The number of carbonyl (C=O) groups is 3. The lowest BCUT2D eigenvalue weighted by atomic mass is 10.1. The molecule has 3 atom stereocenters. The van der Waals surface area contributed by atoms with Gasteiger partial charge in [0.15, 0.2) is 11.2 Å². The maximum Gasteiger partial charge on any atom is 0.340 e. The summed E-state index contributed by atoms with van der Waals surface area (Å²) >= 11 is 1.38. The molecule has 1 aromatic heterocycles. The maximum absolute atomic E-state index is 13.2. The van der Waals surface area contributed by atoms with E-state index in [1.54, 1.807) is 73.8 Å². The Balaban J connectivity index is 1.73. The number of hydrogen-bond donors (Lipinski definition) is 3. The van der Waals surface area contributed by atoms with Crippen molar-refractivity contribution in [3.05, 3.63) is 82.9 Å². The van der Waals surface area contributed by atoms with Crippen LogP contribution in [0, 0.1) is 0 Å². The van der Waals surface area contributed by atoms with Gasteiger partial charge in [-0.05, 0) is 17.9 Å². The molecule has 3 rings (SSSR count). The first-order valence-electron chi connectivity index (χ1n) is 11.4. The van der Waals surface area contributed by atoms with Crippen LogP contribution < -0.4 is 10.6 Å². The molecule has 0 unspecified atom stereocenters. The number of aliphatic hydroxyl groups excluding tert-OH is 1. The summed E-state index contributed by atoms with van der Waals surface area (Å²) < 4.78 is 5.44. The van der Waals surface area contributed by atoms with Crippen molar-refractivity contribution in [2.24, 2.45) is 0 Å². The molecule has 2 amide bonds. The fraction of sp³-hybridized carbons (Fsp3) is 0.308. The average Bonchev–Trinajstić information content (AvgIpc) is 3.34. The van der Waals surface area contributed by atoms with Crippen LogP contribution in [0.1, 0.15) is 61.3 Å². The lowest BCUT2D eigenvalue weighted by Gasteiger charge is -2.23. The van der Waals surface area contributed by atoms with Gasteiger partial charge in [0, 0.05) is 16.6 Å². The number of benzene rings is 2. The van der Waals surface area contributed by atoms with E-state index >= 15 is 0 Å². The van der Waals surface area contributed by atoms with Crippen LogP contribution in [0.5, 0.6) is 0 Å². The number of rotatable bonds is 10. The molecular weight excluding hydrogens is 466 g/mol. The topological polar surface area (TPSA) is 118 Å². The van der Waals surface area contributed by atoms with Crippen LogP contribution >= 0.6 is 11.3 Å². The van der Waals surface area contributed by atoms with Gasteiger partial charge in [0.1, 0.15) is 6.04 Å². The van der Waals surface area contributed by atoms with Crippen LogP contribution in [0.25, 0.3) is 0 Å². The molecule has 0 saturated heterocycles. The Morgan fingerprint density at radius 1 is 0.971 bits per heavy atom. The molecule has 0 aliphatic rings. The summed E-state index contributed by atoms with van der Waals surface area (Å²) in [6.07, 6.45) is -0.882. The number of nitrogens with one attached hydrogen (secondary N) is 2. The van der Waals surface area contributed by atoms with E-state index in [9.17, 15) is 19.5 Å². The number of ether oxygens (including phenoxy) is 1. The number of nitrogens with zero attached hydrogens (tertiary/aromatic N) is 1. The standard InChI is InChI=1S/C26H29N3O5S/c1-4-19(23(31)29-26-27-15-20(35-26)16(2)3)28-24(32)22(18-13-9-6-10-14-18)34-25(33)21(30)17-11-7-5-8-12-17/h5-16,19,21-22,30H,4H2,1-3H3,(H,28,32)(H,27,29,31)/t19-,21-,22-/m0/s1. The highest BCUT2D eigenvalue weighted by molar-refractivity contribution is 7.15. The highest BCUT2D eigenvalue weighted by atomic mass is 32.1. The van der Waals surface area contributed by atoms with Gasteiger partial charge in [-0.1, -0.05) is 81.4 Å². The molecule has 0 aliphatic heterocycles. The van der Waals surface area contributed by atoms with Crippen LogP contribution in [0.3, 0.4) is 0 Å². The smallest absolute Gasteiger partial charge is 0.340 e. The summed E-state index contributed by atoms with van der Waals surface area (Å²) in [6, 6.07) is 15.9. The highest BCUT2D eigenvalue weighted by Gasteiger charge is 2.31. The van der Waals surface area contributed by atoms with Crippen LogP contribution in [-0.2, 0) is 19.1 Å². The quantitative estimate of drug-likeness (QED) is 0.364. The summed E-state index contributed by atoms with van der Waals surface area (Å²) in [6.45, 7) is 5.83. The van der Waals surface area contributed by atoms with E-state index in [0.29, 0.717) is 22.7 Å². The fourth-order valence-corrected chi connectivity index (χ4v) is 4.08. The van der Waals surface area contributed by atoms with Gasteiger partial charge in [-0.2, -0.15) is 0 Å². The van der Waals surface area contributed by atoms with Crippen molar-refractivity contribution < 1.29 is 24.2 Å². The van der Waals surface area contributed by atoms with E-state index in [2.05, 4.69) is 15.6 Å². The molecule has 35 heavy (non-hydrogen) atoms. The number of aromatic nitrogens is 1. The Labute approximate surface area is 208 Å². The molecule has 9 heteroatoms. The summed E-state index contributed by atoms with van der Waals surface area (Å²) in [4.78, 5) is 44.0. The zero-order valence-corrected chi connectivity index (χ0v) is 20.6. The van der Waals surface area contributed by atoms with Crippen molar-refractivity contribution in [3.63, 3.8) is 0 Å². The number of esters is 1. The molecule has 0 fully saturated rings. The van der Waals surface area contributed by atoms with Gasteiger partial charge in [-0.25, -0.2) is 9.78 Å². The molecule has 3 N–H and O–H groups in total. The predicted molar refractivity (Wildman–Crippen MR) is 134 cm³/mol. The van der Waals surface area contributed by atoms with E-state index in [-0.39, 0.29) is 5.92 Å². The van der Waals surface area contributed by atoms with Crippen LogP contribution in [-0.4, -0.2) is 33.9 Å². The van der Waals surface area contributed by atoms with Crippen molar-refractivity contribution in [3.8, 4) is 0 Å². The molecule has 1 heterocycles. The SMILES string of the molecule is CC[C@H](NC(=O)[C@@H](OC(=O)[C@@H](O)c1ccccc1)c1ccccc1)C(=O)Nc1ncc(C(C)C)s1. The Morgan fingerprint density at radius 3 is 2.11 bits per heavy atom. The Morgan fingerprint density at radius 2 is 1.57 bits per heavy atom. The molecular formula is C26H29N3O5S. The molecule has 2 aromatic carbocycles. The van der Waals surface area contributed by atoms with Crippen molar-refractivity contribution in [2.45, 2.75) is 51.4 Å². The molecule has 8 nitrogen and oxygen atoms in total. The zero-order valence-electron chi connectivity index (χ0n) is 19.8. The van der Waals surface area contributed by atoms with Gasteiger partial charge in [0.25, 0.3) is 5.91 Å². The average molecular weight is 496 g/mol. The van der Waals surface area contributed by atoms with E-state index in [1.165, 1.54) is 11.3 Å². The van der Waals surface area contributed by atoms with Crippen LogP contribution in [0.4, 0.5) is 5.13 Å². The number of amides is 2. The van der Waals surface area contributed by atoms with Crippen molar-refractivity contribution in [1.29, 1.82) is 0 Å². The molecule has 0 bridgehead atoms. The maximum atomic E-state index is 13.2. The van der Waals surface area contributed by atoms with E-state index in [1.807, 2.05) is 13.8 Å². The number of thiazole rings is 1. The second-order valence-corrected chi connectivity index (χ2v) is 9.28. The number of aliphatic hydroxyl groups is 1. The summed E-state index contributed by atoms with van der Waals surface area (Å²) in [7, 11) is 0. The lowest BCUT2D eigenvalue weighted by molar-refractivity contribution is -0.165. The highest BCUT2D eigenvalue weighted by Crippen LogP contribution is 2.26. The largest absolute Gasteiger partial charge is 0.445 e. The van der Waals surface area contributed by atoms with E-state index in [4.69, 9.17) is 4.74 Å². The van der Waals surface area contributed by atoms with Gasteiger partial charge in [-0.15, -0.1) is 11.3 Å². The minimum atomic E-state index is -1.56. The fourth-order valence-electron chi connectivity index (χ4n) is 3.26. The third kappa shape index (κ3) is 6.97. The van der Waals surface area contributed by atoms with Gasteiger partial charge in [0.2, 0.25) is 12.0 Å². The summed E-state index contributed by atoms with van der Waals surface area (Å²) in [5.74, 6) is -1.78. The molecule has 0 aliphatic carbocycles. The molecule has 0 radical (unpaired) electrons. The molecule has 0 spiro atoms. The predicted octanol–water partition coefficient (Wildman–Crippen LogP) is 4.12. The van der Waals surface area contributed by atoms with Gasteiger partial charge in [0.05, 0.1) is 0 Å². The van der Waals surface area contributed by atoms with Gasteiger partial charge < -0.3 is 20.5 Å². The number of carbonyl (C=O) groups excluding carboxylic acids is 3. The molecule has 3 aromatic rings. The monoisotopic (exact) mass is 495 g/mol. The Bertz CT molecular complexity index is 1130. The van der Waals surface area contributed by atoms with Crippen molar-refractivity contribution in [1.82, 2.24) is 10.3 Å². The first-order valence-corrected chi connectivity index (χ1v) is 12.2. The first-order chi connectivity index (χ1) is 16.8. The Hall–Kier alpha value is -3.56. The molecule has 184 valence electrons. The normalized spacial score (nSPS) is 13.5. The van der Waals surface area contributed by atoms with Crippen LogP contribution in [0.2, 0.25) is 0 Å². The zero-order chi connectivity index (χ0) is 25.4. The second kappa shape index (κ2) is 12.2. The second-order valence-electron chi connectivity index (χ2n) is 8.22. The molecule has 0 saturated carbocycles. The van der Waals surface area contributed by atoms with Gasteiger partial charge >= 0.3 is 5.97 Å². The third-order valence-electron chi connectivity index (χ3n) is 5.28. The van der Waals surface area contributed by atoms with E-state index < -0.39 is 36.0 Å². The summed E-state index contributed by atoms with van der Waals surface area (Å²) in [5, 5.41) is 16.3. The first kappa shape index (κ1) is 26.1. The number of hydrogen-bond acceptors (Lipinski definition) is 7. The summed E-state index contributed by atoms with van der Waals surface area (Å²) in [5.41, 5.74) is 0.759. The van der Waals surface area contributed by atoms with Crippen molar-refractivity contribution in [2.75, 3.05) is 5.32 Å². The van der Waals surface area contributed by atoms with E-state index in [0.717, 1.165) is 4.88 Å². The Kier molecular flexibility index (Phi) is 9.11. The third-order valence-corrected chi connectivity index (χ3v) is 6.49. The lowest BCUT2D eigenvalue weighted by Crippen LogP contribution is -2.46.